The van der Waals surface area contributed by atoms with E-state index >= 15 is 0 Å². The van der Waals surface area contributed by atoms with Gasteiger partial charge in [0.1, 0.15) is 4.90 Å². The predicted molar refractivity (Wildman–Crippen MR) is 74.0 cm³/mol. The smallest absolute Gasteiger partial charge is 0.310 e. The number of fused-ring (bicyclic) bond motifs is 1. The molecule has 6 nitrogen and oxygen atoms in total. The minimum atomic E-state index is -3.63. The molecule has 0 spiro atoms. The molecule has 7 heteroatoms. The van der Waals surface area contributed by atoms with Crippen LogP contribution in [0.15, 0.2) is 33.6 Å². The molecule has 1 aromatic rings. The van der Waals surface area contributed by atoms with Crippen molar-refractivity contribution in [2.75, 3.05) is 20.7 Å². The van der Waals surface area contributed by atoms with Gasteiger partial charge in [-0.15, -0.1) is 4.40 Å². The Kier molecular flexibility index (Phi) is 3.80. The molecule has 0 amide bonds. The largest absolute Gasteiger partial charge is 0.469 e. The van der Waals surface area contributed by atoms with Crippen LogP contribution in [0.5, 0.6) is 0 Å². The minimum Gasteiger partial charge on any atom is -0.469 e. The lowest BCUT2D eigenvalue weighted by Gasteiger charge is -2.21. The first-order valence-electron chi connectivity index (χ1n) is 6.10. The van der Waals surface area contributed by atoms with E-state index in [2.05, 4.69) is 9.13 Å². The van der Waals surface area contributed by atoms with Gasteiger partial charge in [-0.05, 0) is 12.1 Å². The van der Waals surface area contributed by atoms with Crippen LogP contribution in [0.3, 0.4) is 0 Å². The van der Waals surface area contributed by atoms with Gasteiger partial charge in [0, 0.05) is 19.2 Å². The molecule has 20 heavy (non-hydrogen) atoms. The van der Waals surface area contributed by atoms with Gasteiger partial charge in [0.25, 0.3) is 10.0 Å². The molecule has 0 saturated carbocycles. The summed E-state index contributed by atoms with van der Waals surface area (Å²) in [7, 11) is -0.602. The first-order valence-corrected chi connectivity index (χ1v) is 7.54. The molecule has 0 saturated heterocycles. The van der Waals surface area contributed by atoms with E-state index < -0.39 is 10.0 Å². The highest BCUT2D eigenvalue weighted by molar-refractivity contribution is 7.90. The molecular formula is C13H16N2O4S. The zero-order valence-electron chi connectivity index (χ0n) is 11.5. The zero-order valence-corrected chi connectivity index (χ0v) is 12.3. The van der Waals surface area contributed by atoms with Crippen molar-refractivity contribution in [1.29, 1.82) is 0 Å². The molecule has 0 bridgehead atoms. The number of carbonyl (C=O) groups excluding carboxylic acids is 1. The van der Waals surface area contributed by atoms with Crippen LogP contribution >= 0.6 is 0 Å². The van der Waals surface area contributed by atoms with Gasteiger partial charge in [-0.25, -0.2) is 0 Å². The molecule has 1 heterocycles. The Morgan fingerprint density at radius 1 is 1.40 bits per heavy atom. The summed E-state index contributed by atoms with van der Waals surface area (Å²) >= 11 is 0. The van der Waals surface area contributed by atoms with E-state index in [1.165, 1.54) is 13.2 Å². The van der Waals surface area contributed by atoms with E-state index in [1.54, 1.807) is 37.1 Å². The van der Waals surface area contributed by atoms with E-state index in [9.17, 15) is 13.2 Å². The Morgan fingerprint density at radius 3 is 2.70 bits per heavy atom. The van der Waals surface area contributed by atoms with Gasteiger partial charge in [0.15, 0.2) is 5.84 Å². The van der Waals surface area contributed by atoms with Gasteiger partial charge in [0.05, 0.1) is 13.0 Å². The van der Waals surface area contributed by atoms with E-state index in [0.29, 0.717) is 17.9 Å². The number of hydrogen-bond acceptors (Lipinski definition) is 5. The Morgan fingerprint density at radius 2 is 2.05 bits per heavy atom. The molecular weight excluding hydrogens is 280 g/mol. The van der Waals surface area contributed by atoms with Crippen LogP contribution in [0.2, 0.25) is 0 Å². The summed E-state index contributed by atoms with van der Waals surface area (Å²) in [6, 6.07) is 6.65. The van der Waals surface area contributed by atoms with Crippen molar-refractivity contribution in [1.82, 2.24) is 4.90 Å². The standard InChI is InChI=1S/C13H16N2O4S/c1-9(13(16)19-3)8-15(2)12-10-6-4-5-7-11(10)20(17,18)14-12/h4-7,9H,8H2,1-3H3. The Labute approximate surface area is 118 Å². The van der Waals surface area contributed by atoms with Crippen LogP contribution in [0.1, 0.15) is 12.5 Å². The molecule has 2 rings (SSSR count). The van der Waals surface area contributed by atoms with Gasteiger partial charge in [-0.1, -0.05) is 19.1 Å². The highest BCUT2D eigenvalue weighted by Gasteiger charge is 2.31. The number of carbonyl (C=O) groups is 1. The lowest BCUT2D eigenvalue weighted by molar-refractivity contribution is -0.145. The van der Waals surface area contributed by atoms with Crippen LogP contribution in [0.25, 0.3) is 0 Å². The van der Waals surface area contributed by atoms with Crippen molar-refractivity contribution in [2.24, 2.45) is 10.3 Å². The van der Waals surface area contributed by atoms with Crippen molar-refractivity contribution < 1.29 is 17.9 Å². The zero-order chi connectivity index (χ0) is 14.9. The number of hydrogen-bond donors (Lipinski definition) is 0. The molecule has 1 aliphatic heterocycles. The molecule has 108 valence electrons. The van der Waals surface area contributed by atoms with E-state index in [1.807, 2.05) is 0 Å². The molecule has 1 unspecified atom stereocenters. The number of amidine groups is 1. The first-order chi connectivity index (χ1) is 9.36. The average Bonchev–Trinajstić information content (AvgIpc) is 2.70. The van der Waals surface area contributed by atoms with E-state index in [0.717, 1.165) is 0 Å². The van der Waals surface area contributed by atoms with E-state index in [-0.39, 0.29) is 16.8 Å². The van der Waals surface area contributed by atoms with Crippen molar-refractivity contribution in [2.45, 2.75) is 11.8 Å². The summed E-state index contributed by atoms with van der Waals surface area (Å²) in [6.45, 7) is 2.05. The van der Waals surface area contributed by atoms with Gasteiger partial charge >= 0.3 is 5.97 Å². The maximum Gasteiger partial charge on any atom is 0.310 e. The Hall–Kier alpha value is -1.89. The second-order valence-electron chi connectivity index (χ2n) is 4.69. The average molecular weight is 296 g/mol. The van der Waals surface area contributed by atoms with Gasteiger partial charge < -0.3 is 9.64 Å². The SMILES string of the molecule is COC(=O)C(C)CN(C)C1=NS(=O)(=O)c2ccccc21. The number of rotatable bonds is 3. The predicted octanol–water partition coefficient (Wildman–Crippen LogP) is 0.876. The van der Waals surface area contributed by atoms with Crippen LogP contribution < -0.4 is 0 Å². The molecule has 1 aromatic carbocycles. The fourth-order valence-corrected chi connectivity index (χ4v) is 3.39. The number of methoxy groups -OCH3 is 1. The number of nitrogens with zero attached hydrogens (tertiary/aromatic N) is 2. The molecule has 1 aliphatic rings. The maximum atomic E-state index is 11.9. The second kappa shape index (κ2) is 5.24. The van der Waals surface area contributed by atoms with Crippen molar-refractivity contribution in [3.8, 4) is 0 Å². The highest BCUT2D eigenvalue weighted by Crippen LogP contribution is 2.27. The second-order valence-corrected chi connectivity index (χ2v) is 6.26. The fourth-order valence-electron chi connectivity index (χ4n) is 2.14. The number of esters is 1. The lowest BCUT2D eigenvalue weighted by Crippen LogP contribution is -2.34. The molecule has 0 aliphatic carbocycles. The third-order valence-corrected chi connectivity index (χ3v) is 4.45. The Balaban J connectivity index is 2.28. The fraction of sp³-hybridized carbons (Fsp3) is 0.385. The number of benzene rings is 1. The molecule has 1 atom stereocenters. The monoisotopic (exact) mass is 296 g/mol. The van der Waals surface area contributed by atoms with Gasteiger partial charge in [0.2, 0.25) is 0 Å². The minimum absolute atomic E-state index is 0.201. The third kappa shape index (κ3) is 2.53. The van der Waals surface area contributed by atoms with E-state index in [4.69, 9.17) is 0 Å². The topological polar surface area (TPSA) is 76.0 Å². The third-order valence-electron chi connectivity index (χ3n) is 3.13. The van der Waals surface area contributed by atoms with Crippen molar-refractivity contribution in [3.05, 3.63) is 29.8 Å². The highest BCUT2D eigenvalue weighted by atomic mass is 32.2. The maximum absolute atomic E-state index is 11.9. The van der Waals surface area contributed by atoms with Gasteiger partial charge in [-0.3, -0.25) is 4.79 Å². The summed E-state index contributed by atoms with van der Waals surface area (Å²) in [6.07, 6.45) is 0. The normalized spacial score (nSPS) is 17.1. The van der Waals surface area contributed by atoms with Crippen LogP contribution in [0, 0.1) is 5.92 Å². The van der Waals surface area contributed by atoms with Crippen molar-refractivity contribution >= 4 is 21.8 Å². The molecule has 0 fully saturated rings. The summed E-state index contributed by atoms with van der Waals surface area (Å²) in [5, 5.41) is 0. The lowest BCUT2D eigenvalue weighted by atomic mass is 10.1. The quantitative estimate of drug-likeness (QED) is 0.774. The summed E-state index contributed by atoms with van der Waals surface area (Å²) in [5.41, 5.74) is 0.562. The number of ether oxygens (including phenoxy) is 1. The summed E-state index contributed by atoms with van der Waals surface area (Å²) in [5.74, 6) is -0.355. The number of sulfonamides is 1. The molecule has 0 radical (unpaired) electrons. The molecule has 0 aromatic heterocycles. The van der Waals surface area contributed by atoms with Gasteiger partial charge in [-0.2, -0.15) is 8.42 Å². The van der Waals surface area contributed by atoms with Crippen LogP contribution in [-0.2, 0) is 19.6 Å². The summed E-state index contributed by atoms with van der Waals surface area (Å²) < 4.78 is 32.3. The Bertz CT molecular complexity index is 667. The first kappa shape index (κ1) is 14.5. The van der Waals surface area contributed by atoms with Crippen LogP contribution in [0.4, 0.5) is 0 Å². The molecule has 0 N–H and O–H groups in total. The van der Waals surface area contributed by atoms with Crippen LogP contribution in [-0.4, -0.2) is 45.8 Å². The van der Waals surface area contributed by atoms with Crippen molar-refractivity contribution in [3.63, 3.8) is 0 Å². The summed E-state index contributed by atoms with van der Waals surface area (Å²) in [4.78, 5) is 13.3.